The molecule has 0 spiro atoms. The Morgan fingerprint density at radius 3 is 2.45 bits per heavy atom. The topological polar surface area (TPSA) is 51.1 Å². The highest BCUT2D eigenvalue weighted by atomic mass is 79.9. The molecule has 0 saturated heterocycles. The molecule has 33 heavy (non-hydrogen) atoms. The van der Waals surface area contributed by atoms with Gasteiger partial charge in [0.15, 0.2) is 11.5 Å². The quantitative estimate of drug-likeness (QED) is 0.316. The van der Waals surface area contributed by atoms with Gasteiger partial charge < -0.3 is 9.47 Å². The van der Waals surface area contributed by atoms with Crippen LogP contribution in [0.15, 0.2) is 81.9 Å². The van der Waals surface area contributed by atoms with Crippen LogP contribution in [-0.4, -0.2) is 18.2 Å². The predicted molar refractivity (Wildman–Crippen MR) is 136 cm³/mol. The molecule has 0 aromatic heterocycles. The summed E-state index contributed by atoms with van der Waals surface area (Å²) in [6, 6.07) is 20.6. The van der Waals surface area contributed by atoms with Crippen LogP contribution in [0.25, 0.3) is 6.08 Å². The molecular weight excluding hydrogens is 504 g/mol. The highest BCUT2D eigenvalue weighted by Gasteiger charge is 2.29. The maximum absolute atomic E-state index is 13.1. The number of carbonyl (C=O) groups is 1. The van der Waals surface area contributed by atoms with Crippen molar-refractivity contribution in [1.82, 2.24) is 0 Å². The summed E-state index contributed by atoms with van der Waals surface area (Å²) in [5, 5.41) is 6.51. The van der Waals surface area contributed by atoms with Gasteiger partial charge in [-0.15, -0.1) is 0 Å². The second-order valence-corrected chi connectivity index (χ2v) is 8.59. The number of benzene rings is 3. The lowest BCUT2D eigenvalue weighted by atomic mass is 10.1. The Bertz CT molecular complexity index is 1240. The summed E-state index contributed by atoms with van der Waals surface area (Å²) in [4.78, 5) is 13.1. The van der Waals surface area contributed by atoms with E-state index in [0.29, 0.717) is 41.0 Å². The first-order valence-electron chi connectivity index (χ1n) is 10.5. The maximum Gasteiger partial charge on any atom is 0.280 e. The van der Waals surface area contributed by atoms with E-state index in [2.05, 4.69) is 21.0 Å². The lowest BCUT2D eigenvalue weighted by Crippen LogP contribution is -2.21. The summed E-state index contributed by atoms with van der Waals surface area (Å²) in [5.74, 6) is 0.988. The van der Waals surface area contributed by atoms with Crippen LogP contribution < -0.4 is 14.5 Å². The first-order chi connectivity index (χ1) is 16.0. The minimum Gasteiger partial charge on any atom is -0.490 e. The number of ether oxygens (including phenoxy) is 2. The molecule has 7 heteroatoms. The van der Waals surface area contributed by atoms with Crippen LogP contribution in [-0.2, 0) is 11.4 Å². The molecule has 0 N–H and O–H groups in total. The molecule has 1 aliphatic heterocycles. The largest absolute Gasteiger partial charge is 0.490 e. The van der Waals surface area contributed by atoms with Gasteiger partial charge in [-0.25, -0.2) is 0 Å². The van der Waals surface area contributed by atoms with E-state index >= 15 is 0 Å². The zero-order chi connectivity index (χ0) is 23.4. The molecule has 0 radical (unpaired) electrons. The van der Waals surface area contributed by atoms with E-state index < -0.39 is 0 Å². The third kappa shape index (κ3) is 5.13. The number of carbonyl (C=O) groups excluding carboxylic acids is 1. The number of halogens is 2. The van der Waals surface area contributed by atoms with E-state index in [-0.39, 0.29) is 5.91 Å². The maximum atomic E-state index is 13.1. The zero-order valence-corrected chi connectivity index (χ0v) is 20.6. The van der Waals surface area contributed by atoms with Crippen LogP contribution in [0, 0.1) is 0 Å². The first-order valence-corrected chi connectivity index (χ1v) is 11.6. The molecule has 1 amide bonds. The van der Waals surface area contributed by atoms with Gasteiger partial charge in [0.25, 0.3) is 5.91 Å². The Balaban J connectivity index is 1.62. The molecule has 0 saturated carbocycles. The SMILES string of the molecule is CCOc1cc(/C=C2/C(=O)N(c3ccccc3)N=C2C)c(Br)cc1OCc1ccccc1Cl. The van der Waals surface area contributed by atoms with Gasteiger partial charge in [-0.05, 0) is 55.8 Å². The van der Waals surface area contributed by atoms with E-state index in [1.165, 1.54) is 5.01 Å². The highest BCUT2D eigenvalue weighted by molar-refractivity contribution is 9.10. The zero-order valence-electron chi connectivity index (χ0n) is 18.2. The van der Waals surface area contributed by atoms with E-state index in [1.54, 1.807) is 0 Å². The van der Waals surface area contributed by atoms with E-state index in [4.69, 9.17) is 21.1 Å². The molecule has 0 fully saturated rings. The Hall–Kier alpha value is -3.09. The van der Waals surface area contributed by atoms with Crippen LogP contribution in [0.3, 0.4) is 0 Å². The van der Waals surface area contributed by atoms with Crippen molar-refractivity contribution in [3.8, 4) is 11.5 Å². The Kier molecular flexibility index (Phi) is 7.16. The average molecular weight is 526 g/mol. The number of hydrazone groups is 1. The molecule has 3 aromatic rings. The van der Waals surface area contributed by atoms with Crippen LogP contribution in [0.4, 0.5) is 5.69 Å². The van der Waals surface area contributed by atoms with Crippen molar-refractivity contribution < 1.29 is 14.3 Å². The van der Waals surface area contributed by atoms with E-state index in [1.807, 2.05) is 86.7 Å². The number of para-hydroxylation sites is 1. The van der Waals surface area contributed by atoms with Gasteiger partial charge in [0.1, 0.15) is 6.61 Å². The number of hydrogen-bond donors (Lipinski definition) is 0. The summed E-state index contributed by atoms with van der Waals surface area (Å²) in [7, 11) is 0. The van der Waals surface area contributed by atoms with Gasteiger partial charge >= 0.3 is 0 Å². The second kappa shape index (κ2) is 10.2. The standard InChI is InChI=1S/C26H22BrClN2O3/c1-3-32-24-14-19(22(27)15-25(24)33-16-18-9-7-8-12-23(18)28)13-21-17(2)29-30(26(21)31)20-10-5-4-6-11-20/h4-15H,3,16H2,1-2H3/b21-13+. The van der Waals surface area contributed by atoms with E-state index in [0.717, 1.165) is 21.3 Å². The van der Waals surface area contributed by atoms with Gasteiger partial charge in [-0.1, -0.05) is 63.9 Å². The minimum absolute atomic E-state index is 0.178. The summed E-state index contributed by atoms with van der Waals surface area (Å²) in [6.45, 7) is 4.52. The smallest absolute Gasteiger partial charge is 0.280 e. The highest BCUT2D eigenvalue weighted by Crippen LogP contribution is 2.36. The van der Waals surface area contributed by atoms with Crippen molar-refractivity contribution in [3.63, 3.8) is 0 Å². The molecule has 0 atom stereocenters. The van der Waals surface area contributed by atoms with Crippen LogP contribution in [0.5, 0.6) is 11.5 Å². The molecule has 0 unspecified atom stereocenters. The molecule has 5 nitrogen and oxygen atoms in total. The Labute approximate surface area is 206 Å². The molecule has 1 heterocycles. The second-order valence-electron chi connectivity index (χ2n) is 7.33. The number of nitrogens with zero attached hydrogens (tertiary/aromatic N) is 2. The molecule has 4 rings (SSSR count). The van der Waals surface area contributed by atoms with Crippen molar-refractivity contribution in [1.29, 1.82) is 0 Å². The summed E-state index contributed by atoms with van der Waals surface area (Å²) >= 11 is 9.86. The fourth-order valence-electron chi connectivity index (χ4n) is 3.40. The molecule has 3 aromatic carbocycles. The molecule has 0 bridgehead atoms. The molecule has 0 aliphatic carbocycles. The monoisotopic (exact) mass is 524 g/mol. The van der Waals surface area contributed by atoms with Crippen molar-refractivity contribution >= 4 is 50.9 Å². The Morgan fingerprint density at radius 1 is 1.03 bits per heavy atom. The normalized spacial score (nSPS) is 14.5. The first kappa shape index (κ1) is 23.1. The van der Waals surface area contributed by atoms with E-state index in [9.17, 15) is 4.79 Å². The van der Waals surface area contributed by atoms with Gasteiger partial charge in [0, 0.05) is 15.1 Å². The molecular formula is C26H22BrClN2O3. The number of hydrogen-bond acceptors (Lipinski definition) is 4. The van der Waals surface area contributed by atoms with Crippen molar-refractivity contribution in [2.75, 3.05) is 11.6 Å². The van der Waals surface area contributed by atoms with Crippen molar-refractivity contribution in [3.05, 3.63) is 92.9 Å². The van der Waals surface area contributed by atoms with Crippen LogP contribution in [0.1, 0.15) is 25.0 Å². The van der Waals surface area contributed by atoms with Crippen molar-refractivity contribution in [2.45, 2.75) is 20.5 Å². The number of anilines is 1. The summed E-state index contributed by atoms with van der Waals surface area (Å²) < 4.78 is 12.6. The number of amides is 1. The number of rotatable bonds is 7. The molecule has 168 valence electrons. The third-order valence-electron chi connectivity index (χ3n) is 5.07. The summed E-state index contributed by atoms with van der Waals surface area (Å²) in [6.07, 6.45) is 1.81. The predicted octanol–water partition coefficient (Wildman–Crippen LogP) is 6.89. The average Bonchev–Trinajstić information content (AvgIpc) is 3.10. The molecule has 1 aliphatic rings. The van der Waals surface area contributed by atoms with Gasteiger partial charge in [-0.3, -0.25) is 4.79 Å². The van der Waals surface area contributed by atoms with Crippen LogP contribution >= 0.6 is 27.5 Å². The minimum atomic E-state index is -0.178. The van der Waals surface area contributed by atoms with Gasteiger partial charge in [-0.2, -0.15) is 10.1 Å². The van der Waals surface area contributed by atoms with Crippen LogP contribution in [0.2, 0.25) is 5.02 Å². The van der Waals surface area contributed by atoms with Crippen molar-refractivity contribution in [2.24, 2.45) is 5.10 Å². The fraction of sp³-hybridized carbons (Fsp3) is 0.154. The van der Waals surface area contributed by atoms with Gasteiger partial charge in [0.05, 0.1) is 23.6 Å². The summed E-state index contributed by atoms with van der Waals surface area (Å²) in [5.41, 5.74) is 3.56. The third-order valence-corrected chi connectivity index (χ3v) is 6.12. The van der Waals surface area contributed by atoms with Gasteiger partial charge in [0.2, 0.25) is 0 Å². The Morgan fingerprint density at radius 2 is 1.73 bits per heavy atom. The fourth-order valence-corrected chi connectivity index (χ4v) is 4.02. The lowest BCUT2D eigenvalue weighted by molar-refractivity contribution is -0.114. The lowest BCUT2D eigenvalue weighted by Gasteiger charge is -2.15.